The van der Waals surface area contributed by atoms with Crippen molar-refractivity contribution < 1.29 is 14.6 Å². The Bertz CT molecular complexity index is 184. The van der Waals surface area contributed by atoms with E-state index in [1.807, 2.05) is 27.7 Å². The monoisotopic (exact) mass is 203 g/mol. The minimum Gasteiger partial charge on any atom is -0.444 e. The molecule has 0 aliphatic rings. The average molecular weight is 203 g/mol. The highest BCUT2D eigenvalue weighted by atomic mass is 16.6. The van der Waals surface area contributed by atoms with Crippen LogP contribution in [0.1, 0.15) is 41.0 Å². The molecule has 0 aliphatic heterocycles. The van der Waals surface area contributed by atoms with Crippen LogP contribution in [-0.4, -0.2) is 28.9 Å². The van der Waals surface area contributed by atoms with Crippen molar-refractivity contribution in [1.82, 2.24) is 5.32 Å². The Morgan fingerprint density at radius 1 is 1.43 bits per heavy atom. The van der Waals surface area contributed by atoms with Crippen LogP contribution in [0.15, 0.2) is 0 Å². The van der Waals surface area contributed by atoms with Crippen LogP contribution in [-0.2, 0) is 4.74 Å². The summed E-state index contributed by atoms with van der Waals surface area (Å²) >= 11 is 0. The maximum Gasteiger partial charge on any atom is 0.407 e. The van der Waals surface area contributed by atoms with Gasteiger partial charge in [-0.05, 0) is 41.0 Å². The standard InChI is InChI=1S/C10H21NO3/c1-7(6-8(2)12)11-9(13)14-10(3,4)5/h7-8,12H,6H2,1-5H3,(H,11,13)/t7-,8-/m1/s1. The predicted octanol–water partition coefficient (Wildman–Crippen LogP) is 1.67. The summed E-state index contributed by atoms with van der Waals surface area (Å²) in [6, 6.07) is -0.0788. The fraction of sp³-hybridized carbons (Fsp3) is 0.900. The van der Waals surface area contributed by atoms with Gasteiger partial charge in [-0.25, -0.2) is 4.79 Å². The number of hydrogen-bond donors (Lipinski definition) is 2. The highest BCUT2D eigenvalue weighted by Crippen LogP contribution is 2.07. The van der Waals surface area contributed by atoms with Crippen molar-refractivity contribution in [1.29, 1.82) is 0 Å². The van der Waals surface area contributed by atoms with Crippen molar-refractivity contribution in [3.63, 3.8) is 0 Å². The van der Waals surface area contributed by atoms with Gasteiger partial charge in [-0.2, -0.15) is 0 Å². The van der Waals surface area contributed by atoms with Gasteiger partial charge in [0, 0.05) is 6.04 Å². The Labute approximate surface area is 85.6 Å². The van der Waals surface area contributed by atoms with E-state index in [2.05, 4.69) is 5.32 Å². The highest BCUT2D eigenvalue weighted by molar-refractivity contribution is 5.67. The summed E-state index contributed by atoms with van der Waals surface area (Å²) in [5.74, 6) is 0. The van der Waals surface area contributed by atoms with Crippen molar-refractivity contribution in [2.45, 2.75) is 58.8 Å². The molecule has 0 spiro atoms. The second kappa shape index (κ2) is 5.20. The van der Waals surface area contributed by atoms with Gasteiger partial charge in [-0.3, -0.25) is 0 Å². The number of hydrogen-bond acceptors (Lipinski definition) is 3. The quantitative estimate of drug-likeness (QED) is 0.733. The van der Waals surface area contributed by atoms with Crippen molar-refractivity contribution in [3.8, 4) is 0 Å². The molecule has 2 N–H and O–H groups in total. The van der Waals surface area contributed by atoms with Crippen molar-refractivity contribution in [3.05, 3.63) is 0 Å². The zero-order valence-electron chi connectivity index (χ0n) is 9.63. The lowest BCUT2D eigenvalue weighted by atomic mass is 10.1. The maximum absolute atomic E-state index is 11.2. The molecule has 0 fully saturated rings. The molecular formula is C10H21NO3. The van der Waals surface area contributed by atoms with Crippen LogP contribution in [0, 0.1) is 0 Å². The van der Waals surface area contributed by atoms with E-state index in [1.165, 1.54) is 0 Å². The summed E-state index contributed by atoms with van der Waals surface area (Å²) in [4.78, 5) is 11.2. The largest absolute Gasteiger partial charge is 0.444 e. The predicted molar refractivity (Wildman–Crippen MR) is 55.1 cm³/mol. The van der Waals surface area contributed by atoms with Crippen LogP contribution in [0.4, 0.5) is 4.79 Å². The first-order valence-electron chi connectivity index (χ1n) is 4.88. The molecule has 0 saturated carbocycles. The molecule has 0 saturated heterocycles. The third kappa shape index (κ3) is 7.86. The van der Waals surface area contributed by atoms with E-state index in [9.17, 15) is 4.79 Å². The SMILES string of the molecule is C[C@H](C[C@@H](C)O)NC(=O)OC(C)(C)C. The van der Waals surface area contributed by atoms with Gasteiger partial charge in [0.2, 0.25) is 0 Å². The summed E-state index contributed by atoms with van der Waals surface area (Å²) in [6.45, 7) is 8.95. The molecule has 0 aromatic carbocycles. The molecule has 0 rings (SSSR count). The van der Waals surface area contributed by atoms with Gasteiger partial charge in [0.1, 0.15) is 5.60 Å². The molecule has 4 heteroatoms. The summed E-state index contributed by atoms with van der Waals surface area (Å²) in [5, 5.41) is 11.7. The first-order valence-corrected chi connectivity index (χ1v) is 4.88. The molecule has 0 aromatic rings. The zero-order valence-corrected chi connectivity index (χ0v) is 9.63. The molecule has 0 unspecified atom stereocenters. The molecule has 84 valence electrons. The second-order valence-electron chi connectivity index (χ2n) is 4.63. The first kappa shape index (κ1) is 13.2. The molecule has 4 nitrogen and oxygen atoms in total. The van der Waals surface area contributed by atoms with Gasteiger partial charge in [0.25, 0.3) is 0 Å². The van der Waals surface area contributed by atoms with E-state index in [4.69, 9.17) is 9.84 Å². The minimum atomic E-state index is -0.478. The van der Waals surface area contributed by atoms with Gasteiger partial charge in [-0.1, -0.05) is 0 Å². The molecule has 14 heavy (non-hydrogen) atoms. The number of aliphatic hydroxyl groups is 1. The van der Waals surface area contributed by atoms with Crippen molar-refractivity contribution >= 4 is 6.09 Å². The Morgan fingerprint density at radius 2 is 1.93 bits per heavy atom. The van der Waals surface area contributed by atoms with Gasteiger partial charge in [0.05, 0.1) is 6.10 Å². The fourth-order valence-corrected chi connectivity index (χ4v) is 1.08. The number of nitrogens with one attached hydrogen (secondary N) is 1. The molecule has 0 radical (unpaired) electrons. The smallest absolute Gasteiger partial charge is 0.407 e. The van der Waals surface area contributed by atoms with E-state index < -0.39 is 17.8 Å². The third-order valence-corrected chi connectivity index (χ3v) is 1.46. The van der Waals surface area contributed by atoms with Crippen LogP contribution >= 0.6 is 0 Å². The summed E-state index contributed by atoms with van der Waals surface area (Å²) in [6.07, 6.45) is -0.329. The highest BCUT2D eigenvalue weighted by Gasteiger charge is 2.17. The Balaban J connectivity index is 3.83. The molecule has 0 aliphatic carbocycles. The molecule has 2 atom stereocenters. The normalized spacial score (nSPS) is 15.9. The number of carbonyl (C=O) groups is 1. The Morgan fingerprint density at radius 3 is 2.29 bits per heavy atom. The van der Waals surface area contributed by atoms with E-state index in [1.54, 1.807) is 6.92 Å². The van der Waals surface area contributed by atoms with Gasteiger partial charge >= 0.3 is 6.09 Å². The van der Waals surface area contributed by atoms with Gasteiger partial charge < -0.3 is 15.2 Å². The lowest BCUT2D eigenvalue weighted by Crippen LogP contribution is -2.38. The molecule has 0 bridgehead atoms. The maximum atomic E-state index is 11.2. The van der Waals surface area contributed by atoms with E-state index >= 15 is 0 Å². The Hall–Kier alpha value is -0.770. The summed E-state index contributed by atoms with van der Waals surface area (Å²) < 4.78 is 5.06. The number of rotatable bonds is 3. The minimum absolute atomic E-state index is 0.0788. The van der Waals surface area contributed by atoms with Crippen molar-refractivity contribution in [2.75, 3.05) is 0 Å². The Kier molecular flexibility index (Phi) is 4.91. The topological polar surface area (TPSA) is 58.6 Å². The second-order valence-corrected chi connectivity index (χ2v) is 4.63. The van der Waals surface area contributed by atoms with E-state index in [0.29, 0.717) is 6.42 Å². The number of carbonyl (C=O) groups excluding carboxylic acids is 1. The fourth-order valence-electron chi connectivity index (χ4n) is 1.08. The lowest BCUT2D eigenvalue weighted by Gasteiger charge is -2.22. The molecule has 0 heterocycles. The summed E-state index contributed by atoms with van der Waals surface area (Å²) in [7, 11) is 0. The third-order valence-electron chi connectivity index (χ3n) is 1.46. The van der Waals surface area contributed by atoms with Crippen LogP contribution in [0.25, 0.3) is 0 Å². The number of aliphatic hydroxyl groups excluding tert-OH is 1. The zero-order chi connectivity index (χ0) is 11.4. The van der Waals surface area contributed by atoms with Gasteiger partial charge in [0.15, 0.2) is 0 Å². The first-order chi connectivity index (χ1) is 6.20. The van der Waals surface area contributed by atoms with Crippen molar-refractivity contribution in [2.24, 2.45) is 0 Å². The van der Waals surface area contributed by atoms with Crippen LogP contribution in [0.5, 0.6) is 0 Å². The number of ether oxygens (including phenoxy) is 1. The number of amides is 1. The lowest BCUT2D eigenvalue weighted by molar-refractivity contribution is 0.0493. The average Bonchev–Trinajstić information content (AvgIpc) is 1.77. The van der Waals surface area contributed by atoms with E-state index in [0.717, 1.165) is 0 Å². The van der Waals surface area contributed by atoms with Gasteiger partial charge in [-0.15, -0.1) is 0 Å². The summed E-state index contributed by atoms with van der Waals surface area (Å²) in [5.41, 5.74) is -0.478. The van der Waals surface area contributed by atoms with Crippen LogP contribution in [0.2, 0.25) is 0 Å². The number of alkyl carbamates (subject to hydrolysis) is 1. The molecule has 0 aromatic heterocycles. The van der Waals surface area contributed by atoms with Crippen LogP contribution in [0.3, 0.4) is 0 Å². The molecular weight excluding hydrogens is 182 g/mol. The van der Waals surface area contributed by atoms with E-state index in [-0.39, 0.29) is 6.04 Å². The van der Waals surface area contributed by atoms with Crippen LogP contribution < -0.4 is 5.32 Å². The molecule has 1 amide bonds.